The summed E-state index contributed by atoms with van der Waals surface area (Å²) in [6, 6.07) is 5.56. The van der Waals surface area contributed by atoms with Gasteiger partial charge in [-0.05, 0) is 41.1 Å². The molecule has 1 aromatic carbocycles. The third-order valence-corrected chi connectivity index (χ3v) is 4.94. The maximum atomic E-state index is 12.3. The van der Waals surface area contributed by atoms with Gasteiger partial charge in [-0.1, -0.05) is 11.6 Å². The molecule has 0 saturated carbocycles. The second kappa shape index (κ2) is 5.70. The Bertz CT molecular complexity index is 815. The standard InChI is InChI=1S/C12H9BrClNO5S/c1-6-11(5-10(20-6)12(16)17)21(18,19)15-9-4-7(14)2-3-8(9)13/h2-5,15H,1H3,(H,16,17). The van der Waals surface area contributed by atoms with Gasteiger partial charge in [0.2, 0.25) is 5.76 Å². The molecule has 0 fully saturated rings. The fourth-order valence-electron chi connectivity index (χ4n) is 1.61. The van der Waals surface area contributed by atoms with Crippen LogP contribution in [0.2, 0.25) is 5.02 Å². The summed E-state index contributed by atoms with van der Waals surface area (Å²) in [5.74, 6) is -1.81. The Kier molecular flexibility index (Phi) is 4.31. The Morgan fingerprint density at radius 3 is 2.62 bits per heavy atom. The first-order valence-corrected chi connectivity index (χ1v) is 8.18. The van der Waals surface area contributed by atoms with Crippen molar-refractivity contribution in [2.75, 3.05) is 4.72 Å². The van der Waals surface area contributed by atoms with E-state index in [0.717, 1.165) is 6.07 Å². The molecule has 0 unspecified atom stereocenters. The van der Waals surface area contributed by atoms with Crippen LogP contribution in [0.1, 0.15) is 16.3 Å². The minimum atomic E-state index is -3.99. The lowest BCUT2D eigenvalue weighted by Crippen LogP contribution is -2.13. The van der Waals surface area contributed by atoms with Crippen molar-refractivity contribution in [3.05, 3.63) is 45.3 Å². The molecule has 0 aliphatic carbocycles. The molecular weight excluding hydrogens is 386 g/mol. The summed E-state index contributed by atoms with van der Waals surface area (Å²) in [6.07, 6.45) is 0. The van der Waals surface area contributed by atoms with Crippen LogP contribution in [0.5, 0.6) is 0 Å². The summed E-state index contributed by atoms with van der Waals surface area (Å²) in [4.78, 5) is 10.6. The number of rotatable bonds is 4. The summed E-state index contributed by atoms with van der Waals surface area (Å²) in [7, 11) is -3.99. The van der Waals surface area contributed by atoms with Gasteiger partial charge in [-0.25, -0.2) is 13.2 Å². The van der Waals surface area contributed by atoms with Crippen LogP contribution < -0.4 is 4.72 Å². The second-order valence-electron chi connectivity index (χ2n) is 4.07. The highest BCUT2D eigenvalue weighted by atomic mass is 79.9. The van der Waals surface area contributed by atoms with Crippen molar-refractivity contribution in [2.24, 2.45) is 0 Å². The Hall–Kier alpha value is -1.51. The largest absolute Gasteiger partial charge is 0.475 e. The molecular formula is C12H9BrClNO5S. The van der Waals surface area contributed by atoms with E-state index in [1.807, 2.05) is 0 Å². The number of carboxylic acids is 1. The number of halogens is 2. The van der Waals surface area contributed by atoms with Crippen LogP contribution in [0.3, 0.4) is 0 Å². The molecule has 1 heterocycles. The van der Waals surface area contributed by atoms with Crippen LogP contribution in [0, 0.1) is 6.92 Å². The molecule has 0 aliphatic rings. The minimum Gasteiger partial charge on any atom is -0.475 e. The number of carboxylic acid groups (broad SMARTS) is 1. The van der Waals surface area contributed by atoms with Gasteiger partial charge in [-0.3, -0.25) is 4.72 Å². The van der Waals surface area contributed by atoms with Crippen molar-refractivity contribution in [3.63, 3.8) is 0 Å². The molecule has 2 aromatic rings. The summed E-state index contributed by atoms with van der Waals surface area (Å²) < 4.78 is 32.3. The number of sulfonamides is 1. The van der Waals surface area contributed by atoms with Gasteiger partial charge in [-0.2, -0.15) is 0 Å². The number of hydrogen-bond acceptors (Lipinski definition) is 4. The van der Waals surface area contributed by atoms with Gasteiger partial charge in [0.1, 0.15) is 10.7 Å². The zero-order chi connectivity index (χ0) is 15.8. The number of hydrogen-bond donors (Lipinski definition) is 2. The molecule has 9 heteroatoms. The monoisotopic (exact) mass is 393 g/mol. The quantitative estimate of drug-likeness (QED) is 0.827. The van der Waals surface area contributed by atoms with Crippen molar-refractivity contribution in [3.8, 4) is 0 Å². The van der Waals surface area contributed by atoms with Gasteiger partial charge in [0, 0.05) is 15.6 Å². The Labute approximate surface area is 133 Å². The van der Waals surface area contributed by atoms with E-state index < -0.39 is 21.8 Å². The molecule has 0 spiro atoms. The van der Waals surface area contributed by atoms with Crippen molar-refractivity contribution in [1.29, 1.82) is 0 Å². The average Bonchev–Trinajstić information content (AvgIpc) is 2.77. The summed E-state index contributed by atoms with van der Waals surface area (Å²) >= 11 is 9.02. The first-order chi connectivity index (χ1) is 9.70. The number of anilines is 1. The molecule has 0 amide bonds. The first kappa shape index (κ1) is 15.9. The topological polar surface area (TPSA) is 96.6 Å². The van der Waals surface area contributed by atoms with E-state index in [9.17, 15) is 13.2 Å². The van der Waals surface area contributed by atoms with Crippen LogP contribution >= 0.6 is 27.5 Å². The van der Waals surface area contributed by atoms with E-state index in [1.54, 1.807) is 12.1 Å². The van der Waals surface area contributed by atoms with E-state index in [-0.39, 0.29) is 16.3 Å². The molecule has 1 aromatic heterocycles. The number of aryl methyl sites for hydroxylation is 1. The highest BCUT2D eigenvalue weighted by Gasteiger charge is 2.24. The first-order valence-electron chi connectivity index (χ1n) is 5.52. The fraction of sp³-hybridized carbons (Fsp3) is 0.0833. The van der Waals surface area contributed by atoms with Crippen LogP contribution in [-0.4, -0.2) is 19.5 Å². The highest BCUT2D eigenvalue weighted by Crippen LogP contribution is 2.29. The molecule has 0 saturated heterocycles. The number of benzene rings is 1. The number of aromatic carboxylic acids is 1. The molecule has 0 atom stereocenters. The minimum absolute atomic E-state index is 0.0157. The van der Waals surface area contributed by atoms with E-state index in [2.05, 4.69) is 20.7 Å². The lowest BCUT2D eigenvalue weighted by atomic mass is 10.3. The zero-order valence-corrected chi connectivity index (χ0v) is 13.7. The van der Waals surface area contributed by atoms with Gasteiger partial charge in [-0.15, -0.1) is 0 Å². The molecule has 0 aliphatic heterocycles. The number of carbonyl (C=O) groups is 1. The Balaban J connectivity index is 2.43. The molecule has 0 radical (unpaired) electrons. The zero-order valence-electron chi connectivity index (χ0n) is 10.6. The molecule has 6 nitrogen and oxygen atoms in total. The highest BCUT2D eigenvalue weighted by molar-refractivity contribution is 9.10. The summed E-state index contributed by atoms with van der Waals surface area (Å²) in [6.45, 7) is 1.37. The van der Waals surface area contributed by atoms with Gasteiger partial charge in [0.05, 0.1) is 5.69 Å². The third-order valence-electron chi connectivity index (χ3n) is 2.55. The molecule has 0 bridgehead atoms. The smallest absolute Gasteiger partial charge is 0.371 e. The summed E-state index contributed by atoms with van der Waals surface area (Å²) in [5.41, 5.74) is 0.236. The number of furan rings is 1. The van der Waals surface area contributed by atoms with E-state index >= 15 is 0 Å². The molecule has 2 N–H and O–H groups in total. The maximum Gasteiger partial charge on any atom is 0.371 e. The third kappa shape index (κ3) is 3.39. The Morgan fingerprint density at radius 2 is 2.05 bits per heavy atom. The summed E-state index contributed by atoms with van der Waals surface area (Å²) in [5, 5.41) is 9.18. The van der Waals surface area contributed by atoms with Gasteiger partial charge in [0.15, 0.2) is 0 Å². The van der Waals surface area contributed by atoms with Crippen molar-refractivity contribution >= 4 is 49.2 Å². The van der Waals surface area contributed by atoms with Crippen molar-refractivity contribution < 1.29 is 22.7 Å². The van der Waals surface area contributed by atoms with E-state index in [1.165, 1.54) is 13.0 Å². The predicted octanol–water partition coefficient (Wildman–Crippen LogP) is 3.50. The lowest BCUT2D eigenvalue weighted by molar-refractivity contribution is 0.0661. The average molecular weight is 395 g/mol. The normalized spacial score (nSPS) is 11.4. The maximum absolute atomic E-state index is 12.3. The number of nitrogens with one attached hydrogen (secondary N) is 1. The molecule has 21 heavy (non-hydrogen) atoms. The van der Waals surface area contributed by atoms with Gasteiger partial charge < -0.3 is 9.52 Å². The SMILES string of the molecule is Cc1oc(C(=O)O)cc1S(=O)(=O)Nc1cc(Cl)ccc1Br. The van der Waals surface area contributed by atoms with Gasteiger partial charge >= 0.3 is 5.97 Å². The lowest BCUT2D eigenvalue weighted by Gasteiger charge is -2.09. The van der Waals surface area contributed by atoms with Crippen LogP contribution in [-0.2, 0) is 10.0 Å². The van der Waals surface area contributed by atoms with Crippen molar-refractivity contribution in [2.45, 2.75) is 11.8 Å². The second-order valence-corrected chi connectivity index (χ2v) is 7.01. The van der Waals surface area contributed by atoms with Crippen LogP contribution in [0.4, 0.5) is 5.69 Å². The van der Waals surface area contributed by atoms with E-state index in [4.69, 9.17) is 21.1 Å². The van der Waals surface area contributed by atoms with Crippen LogP contribution in [0.25, 0.3) is 0 Å². The molecule has 2 rings (SSSR count). The predicted molar refractivity (Wildman–Crippen MR) is 80.4 cm³/mol. The fourth-order valence-corrected chi connectivity index (χ4v) is 3.51. The molecule has 112 valence electrons. The van der Waals surface area contributed by atoms with E-state index in [0.29, 0.717) is 9.50 Å². The Morgan fingerprint density at radius 1 is 1.38 bits per heavy atom. The van der Waals surface area contributed by atoms with Crippen molar-refractivity contribution in [1.82, 2.24) is 0 Å². The van der Waals surface area contributed by atoms with Gasteiger partial charge in [0.25, 0.3) is 10.0 Å². The van der Waals surface area contributed by atoms with Crippen LogP contribution in [0.15, 0.2) is 38.1 Å².